The van der Waals surface area contributed by atoms with E-state index >= 15 is 0 Å². The van der Waals surface area contributed by atoms with Crippen LogP contribution >= 0.6 is 12.2 Å². The molecule has 0 saturated heterocycles. The van der Waals surface area contributed by atoms with Crippen LogP contribution in [0, 0.1) is 6.92 Å². The summed E-state index contributed by atoms with van der Waals surface area (Å²) in [5, 5.41) is 3.00. The van der Waals surface area contributed by atoms with Crippen molar-refractivity contribution in [3.8, 4) is 0 Å². The molecule has 0 amide bonds. The summed E-state index contributed by atoms with van der Waals surface area (Å²) in [7, 11) is -0.936. The maximum Gasteiger partial charge on any atom is 0.163 e. The second kappa shape index (κ2) is 5.82. The molecule has 0 aliphatic heterocycles. The number of imidazole rings is 1. The molecule has 0 aliphatic rings. The highest BCUT2D eigenvalue weighted by molar-refractivity contribution is 7.84. The molecule has 1 aromatic rings. The largest absolute Gasteiger partial charge is 0.376 e. The number of aromatic nitrogens is 2. The second-order valence-corrected chi connectivity index (χ2v) is 5.07. The molecule has 0 bridgehead atoms. The summed E-state index contributed by atoms with van der Waals surface area (Å²) < 4.78 is 11.6. The predicted octanol–water partition coefficient (Wildman–Crippen LogP) is -0.200. The van der Waals surface area contributed by atoms with E-state index in [9.17, 15) is 4.21 Å². The standard InChI is InChI=1S/C8H14N4OS2/c1-6-7(12-5-11-6)4-15(13)3-2-10-8(9)14/h5H,2-4H2,1H3,(H,11,12)(H3,9,10,14). The summed E-state index contributed by atoms with van der Waals surface area (Å²) in [5.74, 6) is 0.984. The van der Waals surface area contributed by atoms with Crippen molar-refractivity contribution >= 4 is 28.1 Å². The SMILES string of the molecule is Cc1[nH]cnc1CS(=O)CCNC(N)=S. The van der Waals surface area contributed by atoms with Crippen LogP contribution in [0.1, 0.15) is 11.4 Å². The minimum atomic E-state index is -0.936. The van der Waals surface area contributed by atoms with Crippen LogP contribution in [-0.4, -0.2) is 31.6 Å². The van der Waals surface area contributed by atoms with Crippen molar-refractivity contribution in [3.05, 3.63) is 17.7 Å². The Hall–Kier alpha value is -0.950. The van der Waals surface area contributed by atoms with Crippen LogP contribution in [-0.2, 0) is 16.6 Å². The maximum absolute atomic E-state index is 11.6. The lowest BCUT2D eigenvalue weighted by Gasteiger charge is -2.03. The van der Waals surface area contributed by atoms with E-state index in [1.807, 2.05) is 6.92 Å². The Morgan fingerprint density at radius 1 is 1.80 bits per heavy atom. The van der Waals surface area contributed by atoms with E-state index in [1.165, 1.54) is 0 Å². The van der Waals surface area contributed by atoms with E-state index in [-0.39, 0.29) is 5.11 Å². The number of aromatic amines is 1. The number of H-pyrrole nitrogens is 1. The van der Waals surface area contributed by atoms with Crippen molar-refractivity contribution in [2.24, 2.45) is 5.73 Å². The molecule has 0 fully saturated rings. The zero-order valence-corrected chi connectivity index (χ0v) is 10.1. The van der Waals surface area contributed by atoms with E-state index in [1.54, 1.807) is 6.33 Å². The lowest BCUT2D eigenvalue weighted by Crippen LogP contribution is -2.32. The van der Waals surface area contributed by atoms with E-state index in [0.29, 0.717) is 18.1 Å². The Labute approximate surface area is 96.3 Å². The van der Waals surface area contributed by atoms with E-state index in [4.69, 9.17) is 5.73 Å². The van der Waals surface area contributed by atoms with Crippen molar-refractivity contribution < 1.29 is 4.21 Å². The first-order valence-corrected chi connectivity index (χ1v) is 6.36. The predicted molar refractivity (Wildman–Crippen MR) is 64.8 cm³/mol. The molecule has 5 nitrogen and oxygen atoms in total. The molecular weight excluding hydrogens is 232 g/mol. The van der Waals surface area contributed by atoms with Gasteiger partial charge in [0.15, 0.2) is 5.11 Å². The quantitative estimate of drug-likeness (QED) is 0.627. The molecule has 0 aliphatic carbocycles. The molecule has 1 atom stereocenters. The topological polar surface area (TPSA) is 83.8 Å². The molecule has 84 valence electrons. The number of rotatable bonds is 5. The van der Waals surface area contributed by atoms with Crippen LogP contribution in [0.2, 0.25) is 0 Å². The third-order valence-corrected chi connectivity index (χ3v) is 3.26. The van der Waals surface area contributed by atoms with Gasteiger partial charge in [0, 0.05) is 28.8 Å². The molecule has 7 heteroatoms. The van der Waals surface area contributed by atoms with Gasteiger partial charge in [0.2, 0.25) is 0 Å². The summed E-state index contributed by atoms with van der Waals surface area (Å²) in [6.07, 6.45) is 1.61. The van der Waals surface area contributed by atoms with Crippen LogP contribution in [0.25, 0.3) is 0 Å². The zero-order valence-electron chi connectivity index (χ0n) is 8.45. The summed E-state index contributed by atoms with van der Waals surface area (Å²) in [4.78, 5) is 7.03. The molecule has 1 unspecified atom stereocenters. The first-order chi connectivity index (χ1) is 7.09. The molecule has 15 heavy (non-hydrogen) atoms. The molecule has 0 saturated carbocycles. The molecule has 1 aromatic heterocycles. The Kier molecular flexibility index (Phi) is 4.70. The number of nitrogens with one attached hydrogen (secondary N) is 2. The molecule has 1 rings (SSSR count). The van der Waals surface area contributed by atoms with E-state index in [2.05, 4.69) is 27.5 Å². The van der Waals surface area contributed by atoms with Crippen LogP contribution in [0.3, 0.4) is 0 Å². The Morgan fingerprint density at radius 2 is 2.53 bits per heavy atom. The van der Waals surface area contributed by atoms with Gasteiger partial charge < -0.3 is 16.0 Å². The molecule has 0 spiro atoms. The summed E-state index contributed by atoms with van der Waals surface area (Å²) in [5.41, 5.74) is 7.06. The first kappa shape index (κ1) is 12.1. The average molecular weight is 246 g/mol. The minimum Gasteiger partial charge on any atom is -0.376 e. The van der Waals surface area contributed by atoms with Crippen molar-refractivity contribution in [1.82, 2.24) is 15.3 Å². The number of nitrogens with zero attached hydrogens (tertiary/aromatic N) is 1. The zero-order chi connectivity index (χ0) is 11.3. The van der Waals surface area contributed by atoms with Crippen LogP contribution in [0.15, 0.2) is 6.33 Å². The highest BCUT2D eigenvalue weighted by Crippen LogP contribution is 2.03. The van der Waals surface area contributed by atoms with Gasteiger partial charge in [-0.05, 0) is 19.1 Å². The van der Waals surface area contributed by atoms with Gasteiger partial charge in [-0.15, -0.1) is 0 Å². The Morgan fingerprint density at radius 3 is 3.07 bits per heavy atom. The third-order valence-electron chi connectivity index (χ3n) is 1.86. The van der Waals surface area contributed by atoms with Gasteiger partial charge >= 0.3 is 0 Å². The number of thiocarbonyl (C=S) groups is 1. The number of hydrogen-bond acceptors (Lipinski definition) is 3. The highest BCUT2D eigenvalue weighted by Gasteiger charge is 2.06. The monoisotopic (exact) mass is 246 g/mol. The summed E-state index contributed by atoms with van der Waals surface area (Å²) in [6.45, 7) is 2.44. The van der Waals surface area contributed by atoms with Gasteiger partial charge in [-0.1, -0.05) is 0 Å². The number of aryl methyl sites for hydroxylation is 1. The lowest BCUT2D eigenvalue weighted by atomic mass is 10.4. The van der Waals surface area contributed by atoms with Crippen LogP contribution in [0.5, 0.6) is 0 Å². The van der Waals surface area contributed by atoms with Crippen LogP contribution < -0.4 is 11.1 Å². The van der Waals surface area contributed by atoms with Gasteiger partial charge in [0.05, 0.1) is 17.8 Å². The van der Waals surface area contributed by atoms with Crippen molar-refractivity contribution in [1.29, 1.82) is 0 Å². The van der Waals surface area contributed by atoms with Gasteiger partial charge in [0.1, 0.15) is 0 Å². The minimum absolute atomic E-state index is 0.239. The normalized spacial score (nSPS) is 12.3. The van der Waals surface area contributed by atoms with Gasteiger partial charge in [-0.25, -0.2) is 4.98 Å². The smallest absolute Gasteiger partial charge is 0.163 e. The second-order valence-electron chi connectivity index (χ2n) is 3.05. The fourth-order valence-corrected chi connectivity index (χ4v) is 2.22. The molecular formula is C8H14N4OS2. The number of nitrogens with two attached hydrogens (primary N) is 1. The average Bonchev–Trinajstić information content (AvgIpc) is 2.51. The van der Waals surface area contributed by atoms with Gasteiger partial charge in [-0.2, -0.15) is 0 Å². The van der Waals surface area contributed by atoms with E-state index in [0.717, 1.165) is 11.4 Å². The fraction of sp³-hybridized carbons (Fsp3) is 0.500. The maximum atomic E-state index is 11.6. The van der Waals surface area contributed by atoms with Crippen molar-refractivity contribution in [2.75, 3.05) is 12.3 Å². The number of hydrogen-bond donors (Lipinski definition) is 3. The first-order valence-electron chi connectivity index (χ1n) is 4.46. The van der Waals surface area contributed by atoms with Crippen LogP contribution in [0.4, 0.5) is 0 Å². The third kappa shape index (κ3) is 4.39. The highest BCUT2D eigenvalue weighted by atomic mass is 32.2. The van der Waals surface area contributed by atoms with Gasteiger partial charge in [0.25, 0.3) is 0 Å². The summed E-state index contributed by atoms with van der Waals surface area (Å²) in [6, 6.07) is 0. The van der Waals surface area contributed by atoms with Crippen molar-refractivity contribution in [2.45, 2.75) is 12.7 Å². The Balaban J connectivity index is 2.31. The fourth-order valence-electron chi connectivity index (χ4n) is 1.05. The molecule has 4 N–H and O–H groups in total. The molecule has 1 heterocycles. The molecule has 0 radical (unpaired) electrons. The summed E-state index contributed by atoms with van der Waals surface area (Å²) >= 11 is 4.63. The lowest BCUT2D eigenvalue weighted by molar-refractivity contribution is 0.680. The van der Waals surface area contributed by atoms with E-state index < -0.39 is 10.8 Å². The van der Waals surface area contributed by atoms with Gasteiger partial charge in [-0.3, -0.25) is 4.21 Å². The van der Waals surface area contributed by atoms with Crippen molar-refractivity contribution in [3.63, 3.8) is 0 Å². The Bertz CT molecular complexity index is 363. The molecule has 0 aromatic carbocycles.